The zero-order valence-electron chi connectivity index (χ0n) is 12.3. The summed E-state index contributed by atoms with van der Waals surface area (Å²) in [5.41, 5.74) is 0. The van der Waals surface area contributed by atoms with E-state index in [0.717, 1.165) is 36.9 Å². The molecular weight excluding hydrogens is 264 g/mol. The van der Waals surface area contributed by atoms with E-state index in [2.05, 4.69) is 26.1 Å². The van der Waals surface area contributed by atoms with Crippen LogP contribution in [0.15, 0.2) is 22.8 Å². The predicted octanol–water partition coefficient (Wildman–Crippen LogP) is 3.39. The maximum absolute atomic E-state index is 5.66. The highest BCUT2D eigenvalue weighted by Gasteiger charge is 2.29. The third-order valence-electron chi connectivity index (χ3n) is 4.58. The Kier molecular flexibility index (Phi) is 3.51. The van der Waals surface area contributed by atoms with Gasteiger partial charge < -0.3 is 4.42 Å². The molecule has 0 radical (unpaired) electrons. The van der Waals surface area contributed by atoms with Gasteiger partial charge in [-0.05, 0) is 44.4 Å². The van der Waals surface area contributed by atoms with Crippen molar-refractivity contribution in [2.24, 2.45) is 0 Å². The summed E-state index contributed by atoms with van der Waals surface area (Å²) in [6.07, 6.45) is 9.26. The molecule has 2 aromatic heterocycles. The van der Waals surface area contributed by atoms with Crippen molar-refractivity contribution in [2.45, 2.75) is 57.0 Å². The van der Waals surface area contributed by atoms with Gasteiger partial charge >= 0.3 is 0 Å². The number of hydrogen-bond acceptors (Lipinski definition) is 4. The number of nitrogens with one attached hydrogen (secondary N) is 1. The van der Waals surface area contributed by atoms with Gasteiger partial charge in [-0.2, -0.15) is 5.10 Å². The van der Waals surface area contributed by atoms with Crippen LogP contribution in [0.5, 0.6) is 0 Å². The van der Waals surface area contributed by atoms with Gasteiger partial charge in [0.1, 0.15) is 11.6 Å². The lowest BCUT2D eigenvalue weighted by molar-refractivity contribution is 0.165. The Morgan fingerprint density at radius 1 is 1.24 bits per heavy atom. The maximum atomic E-state index is 5.66. The average Bonchev–Trinajstić information content (AvgIpc) is 3.09. The molecule has 1 aliphatic carbocycles. The van der Waals surface area contributed by atoms with Crippen LogP contribution in [0.4, 0.5) is 0 Å². The molecule has 4 rings (SSSR count). The minimum Gasteiger partial charge on any atom is -0.468 e. The minimum absolute atomic E-state index is 0.372. The molecule has 1 N–H and O–H groups in total. The van der Waals surface area contributed by atoms with Gasteiger partial charge in [-0.15, -0.1) is 0 Å². The second-order valence-electron chi connectivity index (χ2n) is 6.27. The van der Waals surface area contributed by atoms with Crippen LogP contribution >= 0.6 is 0 Å². The number of furan rings is 1. The molecule has 112 valence electrons. The summed E-state index contributed by atoms with van der Waals surface area (Å²) in [6, 6.07) is 4.45. The number of aromatic nitrogens is 3. The van der Waals surface area contributed by atoms with E-state index in [1.54, 1.807) is 6.26 Å². The molecule has 2 fully saturated rings. The van der Waals surface area contributed by atoms with Gasteiger partial charge in [-0.3, -0.25) is 10.00 Å². The van der Waals surface area contributed by atoms with Gasteiger partial charge in [0, 0.05) is 5.92 Å². The van der Waals surface area contributed by atoms with Crippen molar-refractivity contribution < 1.29 is 4.42 Å². The molecule has 5 nitrogen and oxygen atoms in total. The SMILES string of the molecule is c1coc([C@@H]2CCCCCN2Cc2nc(C3CC3)n[nH]2)c1. The van der Waals surface area contributed by atoms with Crippen LogP contribution in [0.3, 0.4) is 0 Å². The molecule has 1 atom stereocenters. The van der Waals surface area contributed by atoms with Gasteiger partial charge in [0.05, 0.1) is 18.8 Å². The van der Waals surface area contributed by atoms with Crippen LogP contribution in [0, 0.1) is 0 Å². The Hall–Kier alpha value is -1.62. The van der Waals surface area contributed by atoms with Crippen molar-refractivity contribution in [1.82, 2.24) is 20.1 Å². The molecule has 0 aromatic carbocycles. The number of rotatable bonds is 4. The van der Waals surface area contributed by atoms with E-state index >= 15 is 0 Å². The number of hydrogen-bond donors (Lipinski definition) is 1. The molecule has 2 aromatic rings. The zero-order valence-corrected chi connectivity index (χ0v) is 12.3. The zero-order chi connectivity index (χ0) is 14.1. The summed E-state index contributed by atoms with van der Waals surface area (Å²) < 4.78 is 5.66. The van der Waals surface area contributed by atoms with Crippen LogP contribution in [-0.2, 0) is 6.54 Å². The summed E-state index contributed by atoms with van der Waals surface area (Å²) >= 11 is 0. The van der Waals surface area contributed by atoms with Crippen LogP contribution in [0.25, 0.3) is 0 Å². The highest BCUT2D eigenvalue weighted by atomic mass is 16.3. The average molecular weight is 286 g/mol. The smallest absolute Gasteiger partial charge is 0.153 e. The Morgan fingerprint density at radius 3 is 3.00 bits per heavy atom. The highest BCUT2D eigenvalue weighted by molar-refractivity contribution is 5.07. The molecule has 1 aliphatic heterocycles. The normalized spacial score (nSPS) is 24.1. The highest BCUT2D eigenvalue weighted by Crippen LogP contribution is 2.38. The third kappa shape index (κ3) is 2.88. The molecule has 0 spiro atoms. The minimum atomic E-state index is 0.372. The second-order valence-corrected chi connectivity index (χ2v) is 6.27. The van der Waals surface area contributed by atoms with Crippen LogP contribution in [0.2, 0.25) is 0 Å². The first-order chi connectivity index (χ1) is 10.4. The van der Waals surface area contributed by atoms with Crippen molar-refractivity contribution in [3.8, 4) is 0 Å². The summed E-state index contributed by atoms with van der Waals surface area (Å²) in [7, 11) is 0. The fourth-order valence-electron chi connectivity index (χ4n) is 3.26. The molecular formula is C16H22N4O. The van der Waals surface area contributed by atoms with Crippen molar-refractivity contribution in [3.05, 3.63) is 35.8 Å². The summed E-state index contributed by atoms with van der Waals surface area (Å²) in [4.78, 5) is 7.16. The van der Waals surface area contributed by atoms with Crippen molar-refractivity contribution >= 4 is 0 Å². The molecule has 5 heteroatoms. The summed E-state index contributed by atoms with van der Waals surface area (Å²) in [6.45, 7) is 1.94. The fraction of sp³-hybridized carbons (Fsp3) is 0.625. The number of nitrogens with zero attached hydrogens (tertiary/aromatic N) is 3. The van der Waals surface area contributed by atoms with Gasteiger partial charge in [0.25, 0.3) is 0 Å². The Balaban J connectivity index is 1.51. The molecule has 1 saturated carbocycles. The first-order valence-corrected chi connectivity index (χ1v) is 8.09. The standard InChI is InChI=1S/C16H22N4O/c1-2-5-13(14-6-4-10-21-14)20(9-3-1)11-15-17-16(19-18-15)12-7-8-12/h4,6,10,12-13H,1-3,5,7-9,11H2,(H,17,18,19)/t13-/m0/s1. The summed E-state index contributed by atoms with van der Waals surface area (Å²) in [5, 5.41) is 7.50. The molecule has 2 aliphatic rings. The number of likely N-dealkylation sites (tertiary alicyclic amines) is 1. The molecule has 3 heterocycles. The Morgan fingerprint density at radius 2 is 2.19 bits per heavy atom. The van der Waals surface area contributed by atoms with Crippen molar-refractivity contribution in [1.29, 1.82) is 0 Å². The number of H-pyrrole nitrogens is 1. The van der Waals surface area contributed by atoms with Crippen molar-refractivity contribution in [2.75, 3.05) is 6.54 Å². The van der Waals surface area contributed by atoms with E-state index in [9.17, 15) is 0 Å². The Bertz CT molecular complexity index is 573. The van der Waals surface area contributed by atoms with Crippen LogP contribution in [0.1, 0.15) is 67.9 Å². The van der Waals surface area contributed by atoms with Crippen LogP contribution < -0.4 is 0 Å². The quantitative estimate of drug-likeness (QED) is 0.936. The lowest BCUT2D eigenvalue weighted by Crippen LogP contribution is -2.28. The fourth-order valence-corrected chi connectivity index (χ4v) is 3.26. The lowest BCUT2D eigenvalue weighted by Gasteiger charge is -2.27. The van der Waals surface area contributed by atoms with Gasteiger partial charge in [0.15, 0.2) is 5.82 Å². The second kappa shape index (κ2) is 5.64. The largest absolute Gasteiger partial charge is 0.468 e. The van der Waals surface area contributed by atoms with Gasteiger partial charge in [-0.1, -0.05) is 12.8 Å². The Labute approximate surface area is 124 Å². The number of aromatic amines is 1. The van der Waals surface area contributed by atoms with Gasteiger partial charge in [0.2, 0.25) is 0 Å². The molecule has 21 heavy (non-hydrogen) atoms. The van der Waals surface area contributed by atoms with Gasteiger partial charge in [-0.25, -0.2) is 4.98 Å². The van der Waals surface area contributed by atoms with E-state index in [-0.39, 0.29) is 0 Å². The maximum Gasteiger partial charge on any atom is 0.153 e. The van der Waals surface area contributed by atoms with Crippen molar-refractivity contribution in [3.63, 3.8) is 0 Å². The van der Waals surface area contributed by atoms with E-state index in [4.69, 9.17) is 4.42 Å². The first kappa shape index (κ1) is 13.1. The lowest BCUT2D eigenvalue weighted by atomic mass is 10.1. The molecule has 1 saturated heterocycles. The van der Waals surface area contributed by atoms with Crippen LogP contribution in [-0.4, -0.2) is 26.6 Å². The first-order valence-electron chi connectivity index (χ1n) is 8.09. The third-order valence-corrected chi connectivity index (χ3v) is 4.58. The summed E-state index contributed by atoms with van der Waals surface area (Å²) in [5.74, 6) is 3.70. The van der Waals surface area contributed by atoms with E-state index in [1.807, 2.05) is 6.07 Å². The monoisotopic (exact) mass is 286 g/mol. The molecule has 0 bridgehead atoms. The topological polar surface area (TPSA) is 58.0 Å². The predicted molar refractivity (Wildman–Crippen MR) is 78.7 cm³/mol. The van der Waals surface area contributed by atoms with E-state index in [0.29, 0.717) is 12.0 Å². The van der Waals surface area contributed by atoms with E-state index in [1.165, 1.54) is 32.1 Å². The molecule has 0 unspecified atom stereocenters. The molecule has 0 amide bonds. The van der Waals surface area contributed by atoms with E-state index < -0.39 is 0 Å².